The summed E-state index contributed by atoms with van der Waals surface area (Å²) in [4.78, 5) is 84.0. The number of aromatic nitrogens is 12. The van der Waals surface area contributed by atoms with Crippen LogP contribution in [0, 0.1) is 41.5 Å². The van der Waals surface area contributed by atoms with E-state index in [-0.39, 0.29) is 112 Å². The predicted molar refractivity (Wildman–Crippen MR) is 511 cm³/mol. The number of alkyl halides is 1. The Bertz CT molecular complexity index is 6540. The first-order valence-electron chi connectivity index (χ1n) is 41.8. The number of ether oxygens (including phenoxy) is 7. The Kier molecular flexibility index (Phi) is 32.5. The molecule has 9 heterocycles. The molecule has 0 saturated heterocycles. The molecule has 0 aliphatic carbocycles. The number of fused-ring (bicyclic) bond motifs is 9. The van der Waals surface area contributed by atoms with Crippen LogP contribution in [0.3, 0.4) is 0 Å². The maximum atomic E-state index is 13.9. The number of amides is 4. The minimum absolute atomic E-state index is 0. The number of likely N-dealkylation sites (N-methyl/N-ethyl adjacent to an activating group) is 1. The SMILES string of the molecule is C.COC(=O)Cn1nc(C)c(-c2cc3c(cc2OC)OCc2c(C(=O)N(C)C(C)(C)C)nn(-c4cc(Cl)cc(Cl)c4)c2-3)c1C.COc1cc2c(cc1-c1c(C)nn(CC(=O)N(C)C)c1C)-c1c(c(C(=O)N(C)C(C)(C)C)nn1-c1cc(Cl)cc(Cl)c1)CO2.COc1cc2c(cc1-c1c(C)nn(CC(=O)O)c1C)-c1c(c(C(=O)N(C)C(C)(C)C)nn1-c1cc(Cl)cc(Cl)c1)CO2.[2H]CF.[Li+].[OH-]. The van der Waals surface area contributed by atoms with E-state index in [9.17, 15) is 38.3 Å². The van der Waals surface area contributed by atoms with Crippen LogP contribution in [-0.4, -0.2) is 212 Å². The van der Waals surface area contributed by atoms with E-state index in [1.165, 1.54) is 16.7 Å². The van der Waals surface area contributed by atoms with Crippen molar-refractivity contribution in [2.45, 2.75) is 167 Å². The van der Waals surface area contributed by atoms with Gasteiger partial charge in [-0.15, -0.1) is 0 Å². The van der Waals surface area contributed by atoms with Crippen LogP contribution in [0.4, 0.5) is 4.39 Å². The van der Waals surface area contributed by atoms with Crippen molar-refractivity contribution in [1.29, 1.82) is 0 Å². The molecule has 2 N–H and O–H groups in total. The van der Waals surface area contributed by atoms with E-state index >= 15 is 0 Å². The second-order valence-electron chi connectivity index (χ2n) is 34.6. The van der Waals surface area contributed by atoms with Gasteiger partial charge in [0.25, 0.3) is 17.7 Å². The number of rotatable bonds is 18. The molecule has 0 spiro atoms. The number of benzene rings is 6. The summed E-state index contributed by atoms with van der Waals surface area (Å²) in [7, 11) is 13.8. The molecule has 4 amide bonds. The number of hydrogen-bond acceptors (Lipinski definition) is 20. The maximum absolute atomic E-state index is 13.9. The first-order valence-corrected chi connectivity index (χ1v) is 43.4. The van der Waals surface area contributed by atoms with E-state index in [0.29, 0.717) is 155 Å². The Labute approximate surface area is 820 Å². The number of aliphatic carboxylic acids is 1. The molecule has 39 heteroatoms. The second kappa shape index (κ2) is 41.7. The molecule has 3 aliphatic rings. The summed E-state index contributed by atoms with van der Waals surface area (Å²) < 4.78 is 66.3. The third-order valence-electron chi connectivity index (χ3n) is 23.1. The van der Waals surface area contributed by atoms with Crippen molar-refractivity contribution in [3.05, 3.63) is 189 Å². The largest absolute Gasteiger partial charge is 1.00 e. The Morgan fingerprint density at radius 2 is 0.679 bits per heavy atom. The molecule has 134 heavy (non-hydrogen) atoms. The Morgan fingerprint density at radius 3 is 0.910 bits per heavy atom. The maximum Gasteiger partial charge on any atom is 1.00 e. The summed E-state index contributed by atoms with van der Waals surface area (Å²) in [5.41, 5.74) is 16.1. The molecule has 0 bridgehead atoms. The third-order valence-corrected chi connectivity index (χ3v) is 24.4. The molecular weight excluding hydrogens is 1840 g/mol. The van der Waals surface area contributed by atoms with Gasteiger partial charge in [0.2, 0.25) is 5.91 Å². The number of methoxy groups -OCH3 is 4. The molecule has 0 radical (unpaired) electrons. The van der Waals surface area contributed by atoms with Crippen molar-refractivity contribution in [1.82, 2.24) is 78.3 Å². The molecule has 0 saturated carbocycles. The molecule has 15 rings (SSSR count). The van der Waals surface area contributed by atoms with E-state index in [1.807, 2.05) is 134 Å². The van der Waals surface area contributed by atoms with Crippen LogP contribution >= 0.6 is 69.6 Å². The van der Waals surface area contributed by atoms with Gasteiger partial charge in [-0.25, -0.2) is 14.0 Å². The van der Waals surface area contributed by atoms with Crippen LogP contribution in [0.25, 0.3) is 84.2 Å². The second-order valence-corrected chi connectivity index (χ2v) is 37.2. The molecule has 12 aromatic rings. The van der Waals surface area contributed by atoms with Gasteiger partial charge >= 0.3 is 30.8 Å². The van der Waals surface area contributed by atoms with E-state index in [0.717, 1.165) is 44.9 Å². The predicted octanol–water partition coefficient (Wildman–Crippen LogP) is 16.7. The topological polar surface area (TPSA) is 337 Å². The Morgan fingerprint density at radius 1 is 0.425 bits per heavy atom. The van der Waals surface area contributed by atoms with Crippen molar-refractivity contribution in [2.24, 2.45) is 0 Å². The van der Waals surface area contributed by atoms with Crippen LogP contribution < -0.4 is 47.3 Å². The number of hydrogen-bond donors (Lipinski definition) is 1. The zero-order chi connectivity index (χ0) is 97.0. The van der Waals surface area contributed by atoms with Crippen LogP contribution in [-0.2, 0) is 58.6 Å². The molecule has 31 nitrogen and oxygen atoms in total. The number of carboxylic acid groups (broad SMARTS) is 1. The normalized spacial score (nSPS) is 12.0. The standard InChI is InChI=1S/C32H36Cl2N6O4.C31H33Cl2N5O5.C30H31Cl2N5O5.CH3F.CH4.Li.H2O/c1-17-28(18(2)39(35-17)15-27(41)37(6)7)22-13-23-26(14-25(22)43-9)44-16-24-29(31(42)38(8)32(3,4)5)36-40(30(23)24)21-11-19(33)10-20(34)12-21;1-16-27(17(2)37(34-16)14-26(39)42-8)21-12-22-25(13-24(21)41-7)43-15-23-28(30(40)36(6)31(3,4)5)35-38(29(22)23)20-10-18(32)9-19(33)11-20;1-15-26(16(2)36(33-15)13-25(38)39)20-11-21-24(12-23(20)41-7)42-14-22-27(29(40)35(6)30(3,4)5)34-37(28(21)22)19-9-17(31)8-18(32)10-19;1-2;;;/h10-14H,15-16H2,1-9H3;9-13H,14-15H2,1-8H3;8-12H,13-14H2,1-7H3,(H,38,39);1H3;1H4;;1H2/q;;;;;+1;/p-1/i;;;1D;;;. The summed E-state index contributed by atoms with van der Waals surface area (Å²) >= 11 is 38.4. The first kappa shape index (κ1) is 105. The first-order chi connectivity index (χ1) is 62.0. The number of carbonyl (C=O) groups excluding carboxylic acids is 5. The zero-order valence-corrected chi connectivity index (χ0v) is 83.1. The van der Waals surface area contributed by atoms with Gasteiger partial charge in [-0.05, 0) is 177 Å². The zero-order valence-electron chi connectivity index (χ0n) is 79.6. The third kappa shape index (κ3) is 21.1. The van der Waals surface area contributed by atoms with Gasteiger partial charge in [0.05, 0.1) is 88.2 Å². The smallest absolute Gasteiger partial charge is 0.870 e. The average molecular weight is 1950 g/mol. The van der Waals surface area contributed by atoms with Gasteiger partial charge in [0.15, 0.2) is 17.1 Å². The minimum atomic E-state index is -1.00. The molecule has 708 valence electrons. The quantitative estimate of drug-likeness (QED) is 0.0616. The van der Waals surface area contributed by atoms with Crippen molar-refractivity contribution in [3.63, 3.8) is 0 Å². The summed E-state index contributed by atoms with van der Waals surface area (Å²) in [6.45, 7) is 29.0. The fourth-order valence-corrected chi connectivity index (χ4v) is 17.0. The number of aryl methyl sites for hydroxylation is 3. The summed E-state index contributed by atoms with van der Waals surface area (Å²) in [6.07, 6.45) is 0. The number of carboxylic acids is 1. The van der Waals surface area contributed by atoms with Gasteiger partial charge in [-0.2, -0.15) is 30.6 Å². The van der Waals surface area contributed by atoms with E-state index < -0.39 is 35.7 Å². The van der Waals surface area contributed by atoms with Crippen molar-refractivity contribution >= 4 is 105 Å². The number of esters is 1. The van der Waals surface area contributed by atoms with Crippen LogP contribution in [0.1, 0.15) is 153 Å². The van der Waals surface area contributed by atoms with E-state index in [2.05, 4.69) is 15.3 Å². The molecule has 0 fully saturated rings. The van der Waals surface area contributed by atoms with Crippen molar-refractivity contribution < 1.29 is 97.1 Å². The van der Waals surface area contributed by atoms with Gasteiger partial charge in [0.1, 0.15) is 74.0 Å². The molecule has 6 aromatic carbocycles. The molecule has 0 atom stereocenters. The molecule has 0 unspecified atom stereocenters. The summed E-state index contributed by atoms with van der Waals surface area (Å²) in [6, 6.07) is 26.6. The van der Waals surface area contributed by atoms with Crippen molar-refractivity contribution in [2.75, 3.05) is 70.8 Å². The van der Waals surface area contributed by atoms with Gasteiger partial charge in [0, 0.05) is 184 Å². The fourth-order valence-electron chi connectivity index (χ4n) is 15.5. The van der Waals surface area contributed by atoms with Gasteiger partial charge in [-0.1, -0.05) is 77.0 Å². The monoisotopic (exact) mass is 1950 g/mol. The summed E-state index contributed by atoms with van der Waals surface area (Å²) in [5.74, 6) is 1.12. The van der Waals surface area contributed by atoms with Crippen LogP contribution in [0.5, 0.6) is 34.5 Å². The van der Waals surface area contributed by atoms with Gasteiger partial charge < -0.3 is 63.3 Å². The van der Waals surface area contributed by atoms with Gasteiger partial charge in [-0.3, -0.25) is 47.2 Å². The summed E-state index contributed by atoms with van der Waals surface area (Å²) in [5, 5.41) is 40.2. The number of nitrogens with zero attached hydrogens (tertiary/aromatic N) is 16. The number of carbonyl (C=O) groups is 6. The van der Waals surface area contributed by atoms with Crippen LogP contribution in [0.15, 0.2) is 91.0 Å². The Hall–Kier alpha value is -11.6. The molecule has 3 aliphatic heterocycles. The van der Waals surface area contributed by atoms with Crippen LogP contribution in [0.2, 0.25) is 30.1 Å². The average Bonchev–Trinajstić information content (AvgIpc) is 1.60. The molecule has 6 aromatic heterocycles. The number of halogens is 7. The van der Waals surface area contributed by atoms with Crippen molar-refractivity contribution in [3.8, 4) is 119 Å². The molecular formula is C95H108Cl6FLiN16O15. The van der Waals surface area contributed by atoms with E-state index in [4.69, 9.17) is 119 Å². The minimum Gasteiger partial charge on any atom is -0.870 e. The van der Waals surface area contributed by atoms with E-state index in [1.54, 1.807) is 155 Å². The fraction of sp³-hybridized carbons (Fsp3) is 0.368. The Balaban J connectivity index is 0.000000221.